The van der Waals surface area contributed by atoms with Gasteiger partial charge in [0.15, 0.2) is 5.65 Å². The molecule has 146 valence electrons. The molecule has 1 spiro atoms. The molecule has 1 aliphatic carbocycles. The minimum absolute atomic E-state index is 0.0448. The van der Waals surface area contributed by atoms with Crippen LogP contribution in [-0.2, 0) is 6.54 Å². The number of pyridine rings is 2. The quantitative estimate of drug-likeness (QED) is 0.559. The van der Waals surface area contributed by atoms with Gasteiger partial charge >= 0.3 is 0 Å². The lowest BCUT2D eigenvalue weighted by atomic mass is 10.0. The third-order valence-corrected chi connectivity index (χ3v) is 5.65. The minimum atomic E-state index is -2.76. The fourth-order valence-electron chi connectivity index (χ4n) is 3.96. The Morgan fingerprint density at radius 3 is 2.76 bits per heavy atom. The number of fused-ring (bicyclic) bond motifs is 2. The molecule has 0 saturated heterocycles. The van der Waals surface area contributed by atoms with E-state index < -0.39 is 17.2 Å². The highest BCUT2D eigenvalue weighted by Gasteiger charge is 2.73. The van der Waals surface area contributed by atoms with E-state index >= 15 is 0 Å². The average Bonchev–Trinajstić information content (AvgIpc) is 3.09. The molecule has 10 heteroatoms. The van der Waals surface area contributed by atoms with Crippen LogP contribution in [-0.4, -0.2) is 42.5 Å². The van der Waals surface area contributed by atoms with E-state index in [0.29, 0.717) is 28.5 Å². The van der Waals surface area contributed by atoms with Crippen molar-refractivity contribution in [2.75, 3.05) is 6.61 Å². The Morgan fingerprint density at radius 2 is 2.00 bits per heavy atom. The van der Waals surface area contributed by atoms with E-state index in [0.717, 1.165) is 17.1 Å². The van der Waals surface area contributed by atoms with Crippen molar-refractivity contribution in [3.8, 4) is 28.4 Å². The Balaban J connectivity index is 1.59. The van der Waals surface area contributed by atoms with Crippen LogP contribution in [0.1, 0.15) is 6.42 Å². The molecule has 1 saturated carbocycles. The van der Waals surface area contributed by atoms with E-state index in [4.69, 9.17) is 4.74 Å². The summed E-state index contributed by atoms with van der Waals surface area (Å²) in [5.74, 6) is -2.86. The molecule has 7 nitrogen and oxygen atoms in total. The molecule has 5 heterocycles. The largest absolute Gasteiger partial charge is 0.476 e. The molecule has 0 radical (unpaired) electrons. The predicted molar refractivity (Wildman–Crippen MR) is 95.8 cm³/mol. The molecule has 0 unspecified atom stereocenters. The summed E-state index contributed by atoms with van der Waals surface area (Å²) in [6.45, 7) is -0.0439. The maximum absolute atomic E-state index is 13.9. The number of ether oxygens (including phenoxy) is 1. The van der Waals surface area contributed by atoms with Crippen LogP contribution >= 0.6 is 0 Å². The van der Waals surface area contributed by atoms with Crippen LogP contribution in [0.2, 0.25) is 0 Å². The number of nitrogens with zero attached hydrogens (tertiary/aromatic N) is 5. The summed E-state index contributed by atoms with van der Waals surface area (Å²) in [7, 11) is 0. The topological polar surface area (TPSA) is 81.5 Å². The summed E-state index contributed by atoms with van der Waals surface area (Å²) in [5, 5.41) is 12.1. The lowest BCUT2D eigenvalue weighted by Crippen LogP contribution is -2.31. The molecule has 1 fully saturated rings. The smallest absolute Gasteiger partial charge is 0.259 e. The van der Waals surface area contributed by atoms with Crippen molar-refractivity contribution in [2.24, 2.45) is 5.41 Å². The fraction of sp³-hybridized carbons (Fsp3) is 0.263. The number of nitrogens with one attached hydrogen (secondary N) is 1. The molecule has 0 amide bonds. The van der Waals surface area contributed by atoms with Gasteiger partial charge in [0.1, 0.15) is 18.1 Å². The third-order valence-electron chi connectivity index (χ3n) is 5.65. The van der Waals surface area contributed by atoms with Crippen LogP contribution < -0.4 is 4.74 Å². The number of aromatic amines is 1. The normalized spacial score (nSPS) is 21.9. The summed E-state index contributed by atoms with van der Waals surface area (Å²) < 4.78 is 48.6. The molecule has 2 aliphatic rings. The van der Waals surface area contributed by atoms with Gasteiger partial charge in [0, 0.05) is 23.6 Å². The number of halogens is 3. The van der Waals surface area contributed by atoms with Gasteiger partial charge in [-0.05, 0) is 18.2 Å². The molecule has 29 heavy (non-hydrogen) atoms. The molecule has 4 aromatic heterocycles. The summed E-state index contributed by atoms with van der Waals surface area (Å²) in [6, 6.07) is 4.56. The van der Waals surface area contributed by atoms with E-state index in [1.807, 2.05) is 0 Å². The molecule has 1 N–H and O–H groups in total. The van der Waals surface area contributed by atoms with Gasteiger partial charge in [0.05, 0.1) is 35.6 Å². The first-order valence-corrected chi connectivity index (χ1v) is 8.99. The molecule has 6 rings (SSSR count). The second kappa shape index (κ2) is 5.34. The summed E-state index contributed by atoms with van der Waals surface area (Å²) in [6.07, 6.45) is 4.11. The van der Waals surface area contributed by atoms with Crippen molar-refractivity contribution in [1.29, 1.82) is 0 Å². The van der Waals surface area contributed by atoms with Crippen LogP contribution in [0.5, 0.6) is 5.88 Å². The number of alkyl halides is 2. The monoisotopic (exact) mass is 398 g/mol. The zero-order valence-corrected chi connectivity index (χ0v) is 14.9. The first-order chi connectivity index (χ1) is 14.0. The highest BCUT2D eigenvalue weighted by Crippen LogP contribution is 2.63. The second-order valence-corrected chi connectivity index (χ2v) is 7.49. The molecule has 0 bridgehead atoms. The molecule has 4 aromatic rings. The molecule has 0 aromatic carbocycles. The molecular weight excluding hydrogens is 385 g/mol. The van der Waals surface area contributed by atoms with E-state index in [1.165, 1.54) is 16.8 Å². The zero-order valence-electron chi connectivity index (χ0n) is 14.9. The molecule has 1 atom stereocenters. The maximum atomic E-state index is 13.9. The Kier molecular flexibility index (Phi) is 3.04. The van der Waals surface area contributed by atoms with E-state index in [-0.39, 0.29) is 19.6 Å². The SMILES string of the molecule is Fc1ccc(-c2nn3c(c2-c2ccnc4[nH]ncc24)OC[C@]2(C3)CC2(F)F)nc1. The lowest BCUT2D eigenvalue weighted by molar-refractivity contribution is 0.0154. The van der Waals surface area contributed by atoms with Gasteiger partial charge in [-0.25, -0.2) is 22.8 Å². The van der Waals surface area contributed by atoms with Crippen LogP contribution in [0.15, 0.2) is 36.8 Å². The van der Waals surface area contributed by atoms with Crippen molar-refractivity contribution >= 4 is 11.0 Å². The highest BCUT2D eigenvalue weighted by atomic mass is 19.3. The van der Waals surface area contributed by atoms with Gasteiger partial charge in [0.25, 0.3) is 5.92 Å². The Bertz CT molecular complexity index is 1260. The second-order valence-electron chi connectivity index (χ2n) is 7.49. The number of hydrogen-bond acceptors (Lipinski definition) is 5. The first-order valence-electron chi connectivity index (χ1n) is 8.99. The highest BCUT2D eigenvalue weighted by molar-refractivity contribution is 5.98. The Hall–Kier alpha value is -3.43. The number of rotatable bonds is 2. The zero-order chi connectivity index (χ0) is 19.8. The fourth-order valence-corrected chi connectivity index (χ4v) is 3.96. The van der Waals surface area contributed by atoms with E-state index in [2.05, 4.69) is 25.3 Å². The van der Waals surface area contributed by atoms with Crippen molar-refractivity contribution < 1.29 is 17.9 Å². The van der Waals surface area contributed by atoms with Crippen LogP contribution in [0.4, 0.5) is 13.2 Å². The Labute approximate surface area is 161 Å². The summed E-state index contributed by atoms with van der Waals surface area (Å²) in [5.41, 5.74) is 1.51. The van der Waals surface area contributed by atoms with E-state index in [9.17, 15) is 13.2 Å². The van der Waals surface area contributed by atoms with Gasteiger partial charge in [-0.3, -0.25) is 10.1 Å². The number of aromatic nitrogens is 6. The predicted octanol–water partition coefficient (Wildman–Crippen LogP) is 3.44. The van der Waals surface area contributed by atoms with Crippen molar-refractivity contribution in [3.05, 3.63) is 42.6 Å². The average molecular weight is 398 g/mol. The van der Waals surface area contributed by atoms with Crippen LogP contribution in [0.3, 0.4) is 0 Å². The van der Waals surface area contributed by atoms with Gasteiger partial charge < -0.3 is 4.74 Å². The standard InChI is InChI=1S/C19H13F3N6O/c20-10-1-2-13(24-5-10)15-14(11-3-4-23-16-12(11)6-25-26-16)17-28(27-15)8-18(9-29-17)7-19(18,21)22/h1-6H,7-9H2,(H,23,25,26)/t18-/m1/s1. The summed E-state index contributed by atoms with van der Waals surface area (Å²) >= 11 is 0. The molecular formula is C19H13F3N6O. The summed E-state index contributed by atoms with van der Waals surface area (Å²) in [4.78, 5) is 8.37. The van der Waals surface area contributed by atoms with Crippen molar-refractivity contribution in [3.63, 3.8) is 0 Å². The lowest BCUT2D eigenvalue weighted by Gasteiger charge is -2.24. The van der Waals surface area contributed by atoms with Crippen molar-refractivity contribution in [1.82, 2.24) is 29.9 Å². The minimum Gasteiger partial charge on any atom is -0.476 e. The van der Waals surface area contributed by atoms with Crippen molar-refractivity contribution in [2.45, 2.75) is 18.9 Å². The van der Waals surface area contributed by atoms with Gasteiger partial charge in [-0.1, -0.05) is 0 Å². The van der Waals surface area contributed by atoms with Gasteiger partial charge in [-0.15, -0.1) is 0 Å². The third kappa shape index (κ3) is 2.25. The van der Waals surface area contributed by atoms with Gasteiger partial charge in [-0.2, -0.15) is 10.2 Å². The van der Waals surface area contributed by atoms with E-state index in [1.54, 1.807) is 18.5 Å². The number of H-pyrrole nitrogens is 1. The van der Waals surface area contributed by atoms with Gasteiger partial charge in [0.2, 0.25) is 5.88 Å². The maximum Gasteiger partial charge on any atom is 0.259 e. The van der Waals surface area contributed by atoms with Crippen LogP contribution in [0.25, 0.3) is 33.5 Å². The molecule has 1 aliphatic heterocycles. The van der Waals surface area contributed by atoms with Crippen LogP contribution in [0, 0.1) is 11.2 Å². The first kappa shape index (κ1) is 16.5. The Morgan fingerprint density at radius 1 is 1.14 bits per heavy atom. The number of hydrogen-bond donors (Lipinski definition) is 1.